The Morgan fingerprint density at radius 1 is 1.22 bits per heavy atom. The molecule has 1 aromatic rings. The van der Waals surface area contributed by atoms with E-state index in [0.717, 1.165) is 12.6 Å². The van der Waals surface area contributed by atoms with Crippen LogP contribution >= 0.6 is 0 Å². The lowest BCUT2D eigenvalue weighted by Crippen LogP contribution is -2.37. The van der Waals surface area contributed by atoms with Gasteiger partial charge in [0, 0.05) is 24.8 Å². The van der Waals surface area contributed by atoms with Crippen LogP contribution in [0.1, 0.15) is 50.2 Å². The summed E-state index contributed by atoms with van der Waals surface area (Å²) in [6.07, 6.45) is 6.90. The number of nitrogens with two attached hydrogens (primary N) is 1. The Morgan fingerprint density at radius 3 is 2.50 bits per heavy atom. The Balaban J connectivity index is 2.20. The standard InChI is InChI=1S/C16H26N2/c1-3-18(15-7-5-4-6-8-15)16-10-9-14(12-17)11-13(16)2/h9-11,15H,3-8,12,17H2,1-2H3. The maximum atomic E-state index is 5.71. The molecule has 0 radical (unpaired) electrons. The lowest BCUT2D eigenvalue weighted by atomic mass is 9.93. The van der Waals surface area contributed by atoms with Crippen molar-refractivity contribution in [3.8, 4) is 0 Å². The molecule has 1 aliphatic rings. The minimum absolute atomic E-state index is 0.636. The Kier molecular flexibility index (Phi) is 4.65. The van der Waals surface area contributed by atoms with Crippen molar-refractivity contribution in [3.05, 3.63) is 29.3 Å². The Hall–Kier alpha value is -1.02. The van der Waals surface area contributed by atoms with Crippen molar-refractivity contribution in [2.75, 3.05) is 11.4 Å². The molecule has 2 rings (SSSR count). The Labute approximate surface area is 111 Å². The van der Waals surface area contributed by atoms with E-state index in [2.05, 4.69) is 36.9 Å². The highest BCUT2D eigenvalue weighted by Gasteiger charge is 2.21. The van der Waals surface area contributed by atoms with Crippen LogP contribution in [0.15, 0.2) is 18.2 Å². The molecule has 1 aliphatic carbocycles. The number of hydrogen-bond acceptors (Lipinski definition) is 2. The number of hydrogen-bond donors (Lipinski definition) is 1. The molecule has 1 saturated carbocycles. The zero-order valence-electron chi connectivity index (χ0n) is 11.8. The Bertz CT molecular complexity index is 381. The third-order valence-corrected chi connectivity index (χ3v) is 4.16. The summed E-state index contributed by atoms with van der Waals surface area (Å²) in [7, 11) is 0. The molecule has 0 heterocycles. The van der Waals surface area contributed by atoms with Crippen LogP contribution in [0.25, 0.3) is 0 Å². The second kappa shape index (κ2) is 6.24. The van der Waals surface area contributed by atoms with Crippen LogP contribution in [0.3, 0.4) is 0 Å². The predicted molar refractivity (Wildman–Crippen MR) is 79.0 cm³/mol. The predicted octanol–water partition coefficient (Wildman–Crippen LogP) is 3.61. The first-order chi connectivity index (χ1) is 8.76. The first kappa shape index (κ1) is 13.4. The summed E-state index contributed by atoms with van der Waals surface area (Å²) in [6, 6.07) is 7.41. The van der Waals surface area contributed by atoms with Gasteiger partial charge in [-0.3, -0.25) is 0 Å². The van der Waals surface area contributed by atoms with Crippen LogP contribution < -0.4 is 10.6 Å². The largest absolute Gasteiger partial charge is 0.369 e. The summed E-state index contributed by atoms with van der Waals surface area (Å²) in [6.45, 7) is 6.22. The van der Waals surface area contributed by atoms with Crippen molar-refractivity contribution in [1.29, 1.82) is 0 Å². The van der Waals surface area contributed by atoms with E-state index >= 15 is 0 Å². The average molecular weight is 246 g/mol. The molecule has 0 atom stereocenters. The van der Waals surface area contributed by atoms with Gasteiger partial charge in [0.15, 0.2) is 0 Å². The molecule has 2 nitrogen and oxygen atoms in total. The van der Waals surface area contributed by atoms with E-state index in [1.807, 2.05) is 0 Å². The van der Waals surface area contributed by atoms with E-state index in [1.165, 1.54) is 48.9 Å². The summed E-state index contributed by atoms with van der Waals surface area (Å²) in [5, 5.41) is 0. The molecule has 2 N–H and O–H groups in total. The van der Waals surface area contributed by atoms with Gasteiger partial charge in [-0.2, -0.15) is 0 Å². The fraction of sp³-hybridized carbons (Fsp3) is 0.625. The lowest BCUT2D eigenvalue weighted by Gasteiger charge is -2.36. The first-order valence-corrected chi connectivity index (χ1v) is 7.32. The SMILES string of the molecule is CCN(c1ccc(CN)cc1C)C1CCCCC1. The number of aryl methyl sites for hydroxylation is 1. The molecule has 0 amide bonds. The summed E-state index contributed by atoms with van der Waals surface area (Å²) in [4.78, 5) is 2.59. The van der Waals surface area contributed by atoms with Crippen LogP contribution in [-0.2, 0) is 6.54 Å². The molecule has 1 aromatic carbocycles. The fourth-order valence-corrected chi connectivity index (χ4v) is 3.18. The number of rotatable bonds is 4. The molecule has 18 heavy (non-hydrogen) atoms. The molecule has 0 saturated heterocycles. The molecule has 100 valence electrons. The monoisotopic (exact) mass is 246 g/mol. The average Bonchev–Trinajstić information content (AvgIpc) is 2.42. The van der Waals surface area contributed by atoms with E-state index in [9.17, 15) is 0 Å². The number of nitrogens with zero attached hydrogens (tertiary/aromatic N) is 1. The Morgan fingerprint density at radius 2 is 1.94 bits per heavy atom. The second-order valence-corrected chi connectivity index (χ2v) is 5.40. The van der Waals surface area contributed by atoms with Gasteiger partial charge >= 0.3 is 0 Å². The lowest BCUT2D eigenvalue weighted by molar-refractivity contribution is 0.418. The van der Waals surface area contributed by atoms with Gasteiger partial charge < -0.3 is 10.6 Å². The van der Waals surface area contributed by atoms with E-state index in [1.54, 1.807) is 0 Å². The minimum atomic E-state index is 0.636. The van der Waals surface area contributed by atoms with Gasteiger partial charge in [-0.15, -0.1) is 0 Å². The summed E-state index contributed by atoms with van der Waals surface area (Å²) < 4.78 is 0. The van der Waals surface area contributed by atoms with Crippen LogP contribution in [0, 0.1) is 6.92 Å². The first-order valence-electron chi connectivity index (χ1n) is 7.32. The van der Waals surface area contributed by atoms with Crippen molar-refractivity contribution in [3.63, 3.8) is 0 Å². The third-order valence-electron chi connectivity index (χ3n) is 4.16. The smallest absolute Gasteiger partial charge is 0.0398 e. The second-order valence-electron chi connectivity index (χ2n) is 5.40. The summed E-state index contributed by atoms with van der Waals surface area (Å²) in [5.41, 5.74) is 9.71. The van der Waals surface area contributed by atoms with Crippen molar-refractivity contribution < 1.29 is 0 Å². The van der Waals surface area contributed by atoms with Gasteiger partial charge in [0.25, 0.3) is 0 Å². The van der Waals surface area contributed by atoms with Gasteiger partial charge in [0.05, 0.1) is 0 Å². The van der Waals surface area contributed by atoms with Crippen molar-refractivity contribution in [1.82, 2.24) is 0 Å². The van der Waals surface area contributed by atoms with Gasteiger partial charge in [-0.25, -0.2) is 0 Å². The van der Waals surface area contributed by atoms with Crippen LogP contribution in [0.2, 0.25) is 0 Å². The molecule has 1 fully saturated rings. The maximum absolute atomic E-state index is 5.71. The molecule has 0 aliphatic heterocycles. The number of benzene rings is 1. The summed E-state index contributed by atoms with van der Waals surface area (Å²) >= 11 is 0. The van der Waals surface area contributed by atoms with E-state index < -0.39 is 0 Å². The number of anilines is 1. The van der Waals surface area contributed by atoms with Crippen LogP contribution in [0.4, 0.5) is 5.69 Å². The molecule has 0 aromatic heterocycles. The zero-order valence-corrected chi connectivity index (χ0v) is 11.8. The van der Waals surface area contributed by atoms with Gasteiger partial charge in [-0.1, -0.05) is 31.4 Å². The van der Waals surface area contributed by atoms with Gasteiger partial charge in [0.2, 0.25) is 0 Å². The highest BCUT2D eigenvalue weighted by Crippen LogP contribution is 2.29. The van der Waals surface area contributed by atoms with Crippen molar-refractivity contribution >= 4 is 5.69 Å². The summed E-state index contributed by atoms with van der Waals surface area (Å²) in [5.74, 6) is 0. The normalized spacial score (nSPS) is 16.8. The van der Waals surface area contributed by atoms with Gasteiger partial charge in [-0.05, 0) is 43.9 Å². The van der Waals surface area contributed by atoms with Crippen LogP contribution in [-0.4, -0.2) is 12.6 Å². The highest BCUT2D eigenvalue weighted by molar-refractivity contribution is 5.55. The molecular formula is C16H26N2. The van der Waals surface area contributed by atoms with Gasteiger partial charge in [0.1, 0.15) is 0 Å². The zero-order chi connectivity index (χ0) is 13.0. The quantitative estimate of drug-likeness (QED) is 0.879. The van der Waals surface area contributed by atoms with E-state index in [4.69, 9.17) is 5.73 Å². The minimum Gasteiger partial charge on any atom is -0.369 e. The molecule has 0 unspecified atom stereocenters. The topological polar surface area (TPSA) is 29.3 Å². The van der Waals surface area contributed by atoms with Crippen molar-refractivity contribution in [2.24, 2.45) is 5.73 Å². The molecule has 2 heteroatoms. The maximum Gasteiger partial charge on any atom is 0.0398 e. The fourth-order valence-electron chi connectivity index (χ4n) is 3.18. The van der Waals surface area contributed by atoms with Crippen molar-refractivity contribution in [2.45, 2.75) is 58.5 Å². The molecule has 0 bridgehead atoms. The van der Waals surface area contributed by atoms with E-state index in [0.29, 0.717) is 6.54 Å². The molecule has 0 spiro atoms. The third kappa shape index (κ3) is 2.86. The molecular weight excluding hydrogens is 220 g/mol. The van der Waals surface area contributed by atoms with Crippen LogP contribution in [0.5, 0.6) is 0 Å². The van der Waals surface area contributed by atoms with E-state index in [-0.39, 0.29) is 0 Å². The highest BCUT2D eigenvalue weighted by atomic mass is 15.2.